The molecule has 0 atom stereocenters. The molecule has 7 heteroatoms. The number of hydrogen-bond acceptors (Lipinski definition) is 5. The Morgan fingerprint density at radius 2 is 2.28 bits per heavy atom. The monoisotopic (exact) mass is 264 g/mol. The van der Waals surface area contributed by atoms with Gasteiger partial charge >= 0.3 is 0 Å². The number of carbonyl (C=O) groups is 1. The van der Waals surface area contributed by atoms with Crippen LogP contribution in [0.1, 0.15) is 10.5 Å². The maximum atomic E-state index is 11.9. The first-order valence-electron chi connectivity index (χ1n) is 4.98. The molecular formula is C11H9ClN4O2. The van der Waals surface area contributed by atoms with E-state index < -0.39 is 5.91 Å². The van der Waals surface area contributed by atoms with Gasteiger partial charge in [-0.2, -0.15) is 0 Å². The van der Waals surface area contributed by atoms with Gasteiger partial charge in [0.2, 0.25) is 0 Å². The Morgan fingerprint density at radius 1 is 1.44 bits per heavy atom. The highest BCUT2D eigenvalue weighted by Gasteiger charge is 2.09. The molecule has 0 spiro atoms. The molecule has 0 aromatic carbocycles. The molecule has 92 valence electrons. The summed E-state index contributed by atoms with van der Waals surface area (Å²) in [5, 5.41) is 2.74. The highest BCUT2D eigenvalue weighted by atomic mass is 35.5. The molecule has 0 aliphatic heterocycles. The van der Waals surface area contributed by atoms with Gasteiger partial charge in [0.25, 0.3) is 5.91 Å². The Bertz CT molecular complexity index is 576. The summed E-state index contributed by atoms with van der Waals surface area (Å²) in [6, 6.07) is 3.17. The molecule has 2 rings (SSSR count). The highest BCUT2D eigenvalue weighted by Crippen LogP contribution is 2.12. The number of pyridine rings is 1. The van der Waals surface area contributed by atoms with E-state index in [2.05, 4.69) is 20.3 Å². The van der Waals surface area contributed by atoms with Crippen LogP contribution in [0.25, 0.3) is 0 Å². The van der Waals surface area contributed by atoms with E-state index in [9.17, 15) is 4.79 Å². The second-order valence-electron chi connectivity index (χ2n) is 3.26. The van der Waals surface area contributed by atoms with Crippen LogP contribution in [-0.4, -0.2) is 28.0 Å². The van der Waals surface area contributed by atoms with Crippen molar-refractivity contribution in [2.45, 2.75) is 0 Å². The number of amides is 1. The zero-order valence-corrected chi connectivity index (χ0v) is 10.2. The van der Waals surface area contributed by atoms with Crippen LogP contribution >= 0.6 is 11.6 Å². The fraction of sp³-hybridized carbons (Fsp3) is 0.0909. The zero-order valence-electron chi connectivity index (χ0n) is 9.42. The minimum atomic E-state index is -0.412. The van der Waals surface area contributed by atoms with Crippen LogP contribution in [-0.2, 0) is 0 Å². The van der Waals surface area contributed by atoms with Gasteiger partial charge in [0.1, 0.15) is 16.6 Å². The molecule has 2 aromatic heterocycles. The van der Waals surface area contributed by atoms with Crippen molar-refractivity contribution in [1.29, 1.82) is 0 Å². The molecular weight excluding hydrogens is 256 g/mol. The number of ether oxygens (including phenoxy) is 1. The van der Waals surface area contributed by atoms with Crippen molar-refractivity contribution in [3.8, 4) is 5.75 Å². The SMILES string of the molecule is COc1ccnc(C(=O)Nc2cncc(Cl)n2)c1. The van der Waals surface area contributed by atoms with Crippen LogP contribution in [0.2, 0.25) is 5.15 Å². The number of nitrogens with one attached hydrogen (secondary N) is 1. The summed E-state index contributed by atoms with van der Waals surface area (Å²) in [6.07, 6.45) is 4.25. The number of methoxy groups -OCH3 is 1. The molecule has 0 bridgehead atoms. The minimum Gasteiger partial charge on any atom is -0.497 e. The van der Waals surface area contributed by atoms with Crippen LogP contribution in [0.15, 0.2) is 30.7 Å². The summed E-state index contributed by atoms with van der Waals surface area (Å²) in [5.74, 6) is 0.398. The number of hydrogen-bond donors (Lipinski definition) is 1. The number of carbonyl (C=O) groups excluding carboxylic acids is 1. The number of nitrogens with zero attached hydrogens (tertiary/aromatic N) is 3. The van der Waals surface area contributed by atoms with Gasteiger partial charge < -0.3 is 10.1 Å². The summed E-state index contributed by atoms with van der Waals surface area (Å²) in [6.45, 7) is 0. The average Bonchev–Trinajstić information content (AvgIpc) is 2.39. The van der Waals surface area contributed by atoms with E-state index >= 15 is 0 Å². The van der Waals surface area contributed by atoms with E-state index in [-0.39, 0.29) is 16.7 Å². The first kappa shape index (κ1) is 12.3. The van der Waals surface area contributed by atoms with Crippen LogP contribution in [0.5, 0.6) is 5.75 Å². The fourth-order valence-corrected chi connectivity index (χ4v) is 1.39. The van der Waals surface area contributed by atoms with E-state index in [1.165, 1.54) is 31.8 Å². The molecule has 0 aliphatic rings. The molecule has 2 aromatic rings. The Morgan fingerprint density at radius 3 is 3.00 bits per heavy atom. The number of aromatic nitrogens is 3. The summed E-state index contributed by atoms with van der Waals surface area (Å²) < 4.78 is 5.01. The lowest BCUT2D eigenvalue weighted by Gasteiger charge is -2.04. The van der Waals surface area contributed by atoms with E-state index in [0.717, 1.165) is 0 Å². The van der Waals surface area contributed by atoms with Gasteiger partial charge in [0.15, 0.2) is 5.82 Å². The Hall–Kier alpha value is -2.21. The lowest BCUT2D eigenvalue weighted by molar-refractivity contribution is 0.102. The van der Waals surface area contributed by atoms with E-state index in [0.29, 0.717) is 5.75 Å². The van der Waals surface area contributed by atoms with Gasteiger partial charge in [-0.25, -0.2) is 4.98 Å². The fourth-order valence-electron chi connectivity index (χ4n) is 1.25. The zero-order chi connectivity index (χ0) is 13.0. The van der Waals surface area contributed by atoms with Crippen molar-refractivity contribution in [3.63, 3.8) is 0 Å². The van der Waals surface area contributed by atoms with Gasteiger partial charge in [0, 0.05) is 12.3 Å². The second-order valence-corrected chi connectivity index (χ2v) is 3.65. The number of rotatable bonds is 3. The maximum Gasteiger partial charge on any atom is 0.275 e. The lowest BCUT2D eigenvalue weighted by atomic mass is 10.3. The summed E-state index contributed by atoms with van der Waals surface area (Å²) in [4.78, 5) is 23.5. The maximum absolute atomic E-state index is 11.9. The van der Waals surface area contributed by atoms with Crippen molar-refractivity contribution in [2.75, 3.05) is 12.4 Å². The minimum absolute atomic E-state index is 0.200. The average molecular weight is 265 g/mol. The predicted octanol–water partition coefficient (Wildman–Crippen LogP) is 1.79. The Balaban J connectivity index is 2.16. The van der Waals surface area contributed by atoms with E-state index in [1.54, 1.807) is 6.07 Å². The second kappa shape index (κ2) is 5.42. The number of anilines is 1. The van der Waals surface area contributed by atoms with E-state index in [4.69, 9.17) is 16.3 Å². The quantitative estimate of drug-likeness (QED) is 0.914. The molecule has 18 heavy (non-hydrogen) atoms. The first-order chi connectivity index (χ1) is 8.69. The molecule has 1 N–H and O–H groups in total. The predicted molar refractivity (Wildman–Crippen MR) is 65.8 cm³/mol. The summed E-state index contributed by atoms with van der Waals surface area (Å²) in [5.41, 5.74) is 0.219. The molecule has 0 radical (unpaired) electrons. The van der Waals surface area contributed by atoms with Gasteiger partial charge in [-0.1, -0.05) is 11.6 Å². The topological polar surface area (TPSA) is 77.0 Å². The van der Waals surface area contributed by atoms with Crippen molar-refractivity contribution < 1.29 is 9.53 Å². The third-order valence-corrected chi connectivity index (χ3v) is 2.23. The molecule has 0 saturated heterocycles. The lowest BCUT2D eigenvalue weighted by Crippen LogP contribution is -2.14. The van der Waals surface area contributed by atoms with Crippen LogP contribution in [0, 0.1) is 0 Å². The van der Waals surface area contributed by atoms with Gasteiger partial charge in [0.05, 0.1) is 19.5 Å². The normalized spacial score (nSPS) is 9.89. The standard InChI is InChI=1S/C11H9ClN4O2/c1-18-7-2-3-14-8(4-7)11(17)16-10-6-13-5-9(12)15-10/h2-6H,1H3,(H,15,16,17). The number of halogens is 1. The molecule has 0 unspecified atom stereocenters. The van der Waals surface area contributed by atoms with E-state index in [1.807, 2.05) is 0 Å². The summed E-state index contributed by atoms with van der Waals surface area (Å²) >= 11 is 5.66. The van der Waals surface area contributed by atoms with Crippen LogP contribution in [0.4, 0.5) is 5.82 Å². The van der Waals surface area contributed by atoms with Gasteiger partial charge in [-0.05, 0) is 6.07 Å². The van der Waals surface area contributed by atoms with Crippen molar-refractivity contribution in [2.24, 2.45) is 0 Å². The van der Waals surface area contributed by atoms with Crippen molar-refractivity contribution in [1.82, 2.24) is 15.0 Å². The third kappa shape index (κ3) is 2.92. The van der Waals surface area contributed by atoms with Crippen LogP contribution in [0.3, 0.4) is 0 Å². The van der Waals surface area contributed by atoms with Gasteiger partial charge in [-0.15, -0.1) is 0 Å². The van der Waals surface area contributed by atoms with Crippen molar-refractivity contribution >= 4 is 23.3 Å². The molecule has 0 saturated carbocycles. The van der Waals surface area contributed by atoms with Gasteiger partial charge in [-0.3, -0.25) is 14.8 Å². The molecule has 1 amide bonds. The largest absolute Gasteiger partial charge is 0.497 e. The van der Waals surface area contributed by atoms with Crippen LogP contribution < -0.4 is 10.1 Å². The smallest absolute Gasteiger partial charge is 0.275 e. The molecule has 0 aliphatic carbocycles. The molecule has 2 heterocycles. The summed E-state index contributed by atoms with van der Waals surface area (Å²) in [7, 11) is 1.51. The van der Waals surface area contributed by atoms with Crippen molar-refractivity contribution in [3.05, 3.63) is 41.6 Å². The highest BCUT2D eigenvalue weighted by molar-refractivity contribution is 6.29. The first-order valence-corrected chi connectivity index (χ1v) is 5.36. The third-order valence-electron chi connectivity index (χ3n) is 2.05. The molecule has 0 fully saturated rings. The Kier molecular flexibility index (Phi) is 3.69. The Labute approximate surface area is 108 Å². The molecule has 6 nitrogen and oxygen atoms in total.